The third-order valence-corrected chi connectivity index (χ3v) is 9.75. The highest BCUT2D eigenvalue weighted by atomic mass is 32.2. The average molecular weight is 496 g/mol. The molecule has 1 aliphatic heterocycles. The molecule has 0 bridgehead atoms. The van der Waals surface area contributed by atoms with E-state index < -0.39 is 16.1 Å². The minimum Gasteiger partial charge on any atom is -0.497 e. The summed E-state index contributed by atoms with van der Waals surface area (Å²) in [7, 11) is -2.25. The van der Waals surface area contributed by atoms with Crippen LogP contribution in [0.15, 0.2) is 52.1 Å². The summed E-state index contributed by atoms with van der Waals surface area (Å²) in [5, 5.41) is 7.86. The molecule has 1 N–H and O–H groups in total. The van der Waals surface area contributed by atoms with Crippen molar-refractivity contribution in [3.63, 3.8) is 0 Å². The van der Waals surface area contributed by atoms with Crippen LogP contribution in [0.2, 0.25) is 0 Å². The summed E-state index contributed by atoms with van der Waals surface area (Å²) in [6.07, 6.45) is 0.596. The fourth-order valence-corrected chi connectivity index (χ4v) is 7.94. The van der Waals surface area contributed by atoms with E-state index in [9.17, 15) is 13.2 Å². The molecule has 0 spiro atoms. The number of carbonyl (C=O) groups excluding carboxylic acids is 1. The first kappa shape index (κ1) is 22.3. The van der Waals surface area contributed by atoms with Crippen molar-refractivity contribution in [2.24, 2.45) is 0 Å². The monoisotopic (exact) mass is 495 g/mol. The molecule has 2 aromatic heterocycles. The molecule has 1 atom stereocenters. The number of amides is 1. The van der Waals surface area contributed by atoms with Crippen molar-refractivity contribution in [3.05, 3.63) is 52.9 Å². The molecule has 3 heterocycles. The van der Waals surface area contributed by atoms with Gasteiger partial charge in [-0.3, -0.25) is 4.79 Å². The van der Waals surface area contributed by atoms with Gasteiger partial charge in [0.25, 0.3) is 0 Å². The van der Waals surface area contributed by atoms with Crippen molar-refractivity contribution in [1.82, 2.24) is 14.6 Å². The Labute approximate surface area is 193 Å². The maximum absolute atomic E-state index is 13.0. The highest BCUT2D eigenvalue weighted by Gasteiger charge is 2.39. The van der Waals surface area contributed by atoms with E-state index >= 15 is 0 Å². The van der Waals surface area contributed by atoms with Crippen LogP contribution in [-0.4, -0.2) is 54.9 Å². The fourth-order valence-electron chi connectivity index (χ4n) is 3.12. The second-order valence-electron chi connectivity index (χ2n) is 6.75. The Morgan fingerprint density at radius 3 is 2.77 bits per heavy atom. The number of nitrogens with one attached hydrogen (secondary N) is 1. The second kappa shape index (κ2) is 9.70. The summed E-state index contributed by atoms with van der Waals surface area (Å²) in [6, 6.07) is 9.50. The molecule has 11 heteroatoms. The summed E-state index contributed by atoms with van der Waals surface area (Å²) in [6.45, 7) is 0.407. The molecule has 0 unspecified atom stereocenters. The average Bonchev–Trinajstić information content (AvgIpc) is 3.55. The SMILES string of the molecule is COc1ccc(S(=O)(=O)N2CSC[C@@H]2C(=O)NCCc2csc(-c3cccs3)n2)cc1. The molecular weight excluding hydrogens is 475 g/mol. The standard InChI is InChI=1S/C20H21N3O4S4/c1-27-15-4-6-16(7-5-15)31(25,26)23-13-28-12-17(23)19(24)21-9-8-14-11-30-20(22-14)18-3-2-10-29-18/h2-7,10-11,17H,8-9,12-13H2,1H3,(H,21,24)/t17-/m1/s1. The molecule has 3 aromatic rings. The van der Waals surface area contributed by atoms with E-state index in [0.29, 0.717) is 24.5 Å². The molecule has 0 radical (unpaired) electrons. The largest absolute Gasteiger partial charge is 0.497 e. The molecule has 7 nitrogen and oxygen atoms in total. The second-order valence-corrected chi connectivity index (χ2v) is 11.4. The molecule has 1 saturated heterocycles. The van der Waals surface area contributed by atoms with Gasteiger partial charge in [0.2, 0.25) is 15.9 Å². The van der Waals surface area contributed by atoms with Gasteiger partial charge in [-0.2, -0.15) is 4.31 Å². The van der Waals surface area contributed by atoms with Crippen LogP contribution in [0.3, 0.4) is 0 Å². The summed E-state index contributed by atoms with van der Waals surface area (Å²) >= 11 is 4.66. The summed E-state index contributed by atoms with van der Waals surface area (Å²) < 4.78 is 32.4. The van der Waals surface area contributed by atoms with Crippen molar-refractivity contribution in [2.75, 3.05) is 25.3 Å². The van der Waals surface area contributed by atoms with Crippen molar-refractivity contribution >= 4 is 50.4 Å². The molecular formula is C20H21N3O4S4. The Morgan fingerprint density at radius 2 is 2.06 bits per heavy atom. The van der Waals surface area contributed by atoms with Gasteiger partial charge in [0, 0.05) is 24.1 Å². The fraction of sp³-hybridized carbons (Fsp3) is 0.300. The molecule has 0 saturated carbocycles. The Balaban J connectivity index is 1.36. The molecule has 1 aliphatic rings. The summed E-state index contributed by atoms with van der Waals surface area (Å²) in [5.41, 5.74) is 0.914. The number of hydrogen-bond acceptors (Lipinski definition) is 8. The Kier molecular flexibility index (Phi) is 6.97. The van der Waals surface area contributed by atoms with Gasteiger partial charge in [-0.25, -0.2) is 13.4 Å². The zero-order valence-corrected chi connectivity index (χ0v) is 20.0. The topological polar surface area (TPSA) is 88.6 Å². The first-order valence-corrected chi connectivity index (χ1v) is 13.8. The quantitative estimate of drug-likeness (QED) is 0.516. The lowest BCUT2D eigenvalue weighted by Gasteiger charge is -2.22. The third-order valence-electron chi connectivity index (χ3n) is 4.77. The van der Waals surface area contributed by atoms with Crippen LogP contribution >= 0.6 is 34.4 Å². The maximum atomic E-state index is 13.0. The molecule has 1 fully saturated rings. The van der Waals surface area contributed by atoms with Gasteiger partial charge in [0.05, 0.1) is 28.5 Å². The molecule has 31 heavy (non-hydrogen) atoms. The number of thioether (sulfide) groups is 1. The van der Waals surface area contributed by atoms with E-state index in [4.69, 9.17) is 4.74 Å². The van der Waals surface area contributed by atoms with Crippen LogP contribution in [0.25, 0.3) is 9.88 Å². The van der Waals surface area contributed by atoms with Crippen molar-refractivity contribution in [1.29, 1.82) is 0 Å². The molecule has 1 aromatic carbocycles. The minimum atomic E-state index is -3.77. The highest BCUT2D eigenvalue weighted by Crippen LogP contribution is 2.30. The van der Waals surface area contributed by atoms with Gasteiger partial charge in [0.1, 0.15) is 16.8 Å². The zero-order valence-electron chi connectivity index (χ0n) is 16.7. The van der Waals surface area contributed by atoms with Gasteiger partial charge in [-0.1, -0.05) is 6.07 Å². The van der Waals surface area contributed by atoms with Gasteiger partial charge < -0.3 is 10.1 Å². The number of ether oxygens (including phenoxy) is 1. The van der Waals surface area contributed by atoms with Gasteiger partial charge in [0.15, 0.2) is 0 Å². The number of hydrogen-bond donors (Lipinski definition) is 1. The number of methoxy groups -OCH3 is 1. The number of thiazole rings is 1. The Morgan fingerprint density at radius 1 is 1.26 bits per heavy atom. The van der Waals surface area contributed by atoms with Gasteiger partial charge in [-0.05, 0) is 35.7 Å². The van der Waals surface area contributed by atoms with Crippen LogP contribution in [0.5, 0.6) is 5.75 Å². The van der Waals surface area contributed by atoms with E-state index in [2.05, 4.69) is 10.3 Å². The minimum absolute atomic E-state index is 0.150. The van der Waals surface area contributed by atoms with E-state index in [1.807, 2.05) is 22.9 Å². The predicted octanol–water partition coefficient (Wildman–Crippen LogP) is 3.30. The van der Waals surface area contributed by atoms with Crippen molar-refractivity contribution < 1.29 is 17.9 Å². The number of nitrogens with zero attached hydrogens (tertiary/aromatic N) is 2. The normalized spacial score (nSPS) is 17.0. The van der Waals surface area contributed by atoms with E-state index in [1.54, 1.807) is 34.8 Å². The van der Waals surface area contributed by atoms with Crippen molar-refractivity contribution in [3.8, 4) is 15.6 Å². The Hall–Kier alpha value is -1.92. The number of sulfonamides is 1. The number of rotatable bonds is 8. The number of thiophene rings is 1. The zero-order chi connectivity index (χ0) is 21.8. The highest BCUT2D eigenvalue weighted by molar-refractivity contribution is 8.00. The summed E-state index contributed by atoms with van der Waals surface area (Å²) in [5.74, 6) is 0.979. The molecule has 4 rings (SSSR count). The first-order valence-electron chi connectivity index (χ1n) is 9.48. The third kappa shape index (κ3) is 4.96. The van der Waals surface area contributed by atoms with E-state index in [-0.39, 0.29) is 16.7 Å². The lowest BCUT2D eigenvalue weighted by atomic mass is 10.3. The maximum Gasteiger partial charge on any atom is 0.244 e. The lowest BCUT2D eigenvalue weighted by molar-refractivity contribution is -0.123. The predicted molar refractivity (Wildman–Crippen MR) is 125 cm³/mol. The van der Waals surface area contributed by atoms with E-state index in [0.717, 1.165) is 15.6 Å². The Bertz CT molecular complexity index is 1130. The van der Waals surface area contributed by atoms with Crippen LogP contribution in [0, 0.1) is 0 Å². The van der Waals surface area contributed by atoms with Crippen LogP contribution in [-0.2, 0) is 21.2 Å². The lowest BCUT2D eigenvalue weighted by Crippen LogP contribution is -2.47. The van der Waals surface area contributed by atoms with Crippen LogP contribution < -0.4 is 10.1 Å². The van der Waals surface area contributed by atoms with Crippen LogP contribution in [0.1, 0.15) is 5.69 Å². The van der Waals surface area contributed by atoms with E-state index in [1.165, 1.54) is 35.3 Å². The first-order chi connectivity index (χ1) is 15.0. The number of benzene rings is 1. The van der Waals surface area contributed by atoms with Crippen LogP contribution in [0.4, 0.5) is 0 Å². The molecule has 1 amide bonds. The summed E-state index contributed by atoms with van der Waals surface area (Å²) in [4.78, 5) is 18.6. The number of carbonyl (C=O) groups is 1. The number of aromatic nitrogens is 1. The van der Waals surface area contributed by atoms with Gasteiger partial charge >= 0.3 is 0 Å². The molecule has 164 valence electrons. The smallest absolute Gasteiger partial charge is 0.244 e. The van der Waals surface area contributed by atoms with Gasteiger partial charge in [-0.15, -0.1) is 34.4 Å². The molecule has 0 aliphatic carbocycles. The van der Waals surface area contributed by atoms with Crippen molar-refractivity contribution in [2.45, 2.75) is 17.4 Å².